The first-order valence-electron chi connectivity index (χ1n) is 10.3. The summed E-state index contributed by atoms with van der Waals surface area (Å²) in [6.45, 7) is 3.49. The number of aromatic hydroxyl groups is 1. The molecule has 1 aliphatic heterocycles. The number of aromatic nitrogens is 1. The smallest absolute Gasteiger partial charge is 0.340 e. The number of hydrogen-bond acceptors (Lipinski definition) is 6. The minimum atomic E-state index is -0.529. The predicted octanol–water partition coefficient (Wildman–Crippen LogP) is 3.79. The highest BCUT2D eigenvalue weighted by atomic mass is 35.5. The van der Waals surface area contributed by atoms with Crippen molar-refractivity contribution < 1.29 is 24.2 Å². The number of hydrogen-bond donors (Lipinski definition) is 2. The molecule has 0 radical (unpaired) electrons. The van der Waals surface area contributed by atoms with E-state index in [9.17, 15) is 19.5 Å². The van der Waals surface area contributed by atoms with Gasteiger partial charge in [0, 0.05) is 21.6 Å². The Morgan fingerprint density at radius 3 is 2.67 bits per heavy atom. The third-order valence-corrected chi connectivity index (χ3v) is 6.82. The molecule has 1 saturated heterocycles. The number of nitrogens with zero attached hydrogens (tertiary/aromatic N) is 2. The molecule has 3 aromatic rings. The highest BCUT2D eigenvalue weighted by Crippen LogP contribution is 2.37. The van der Waals surface area contributed by atoms with Crippen LogP contribution >= 0.6 is 23.4 Å². The molecular formula is C23H22ClN3O5S. The summed E-state index contributed by atoms with van der Waals surface area (Å²) in [4.78, 5) is 38.0. The van der Waals surface area contributed by atoms with Gasteiger partial charge in [-0.15, -0.1) is 11.8 Å². The van der Waals surface area contributed by atoms with E-state index >= 15 is 0 Å². The fraction of sp³-hybridized carbons (Fsp3) is 0.261. The van der Waals surface area contributed by atoms with Gasteiger partial charge in [-0.1, -0.05) is 23.7 Å². The fourth-order valence-electron chi connectivity index (χ4n) is 3.87. The van der Waals surface area contributed by atoms with Crippen LogP contribution in [0.2, 0.25) is 5.02 Å². The second kappa shape index (κ2) is 9.36. The summed E-state index contributed by atoms with van der Waals surface area (Å²) in [5.41, 5.74) is 4.98. The number of halogens is 1. The Hall–Kier alpha value is -3.17. The molecule has 8 nitrogen and oxygen atoms in total. The van der Waals surface area contributed by atoms with E-state index in [0.717, 1.165) is 5.56 Å². The Morgan fingerprint density at radius 1 is 1.24 bits per heavy atom. The van der Waals surface area contributed by atoms with Crippen LogP contribution in [-0.2, 0) is 20.9 Å². The summed E-state index contributed by atoms with van der Waals surface area (Å²) in [5, 5.41) is 12.0. The molecule has 2 N–H and O–H groups in total. The Bertz CT molecular complexity index is 1240. The highest BCUT2D eigenvalue weighted by Gasteiger charge is 2.34. The first-order valence-corrected chi connectivity index (χ1v) is 11.7. The molecule has 1 aromatic heterocycles. The number of esters is 1. The molecule has 1 aliphatic rings. The standard InChI is InChI=1S/C23H22ClN3O5S/c1-3-32-23(31)21-13(2)26(18-9-8-16(28)10-17(18)21)11-19(29)25-27-20(30)12-33-22(27)14-4-6-15(24)7-5-14/h4-10,22,28H,3,11-12H2,1-2H3,(H,25,29). The number of nitrogens with one attached hydrogen (secondary N) is 1. The van der Waals surface area contributed by atoms with Gasteiger partial charge in [-0.05, 0) is 49.7 Å². The minimum absolute atomic E-state index is 0.000134. The lowest BCUT2D eigenvalue weighted by molar-refractivity contribution is -0.139. The van der Waals surface area contributed by atoms with Gasteiger partial charge in [0.25, 0.3) is 11.8 Å². The predicted molar refractivity (Wildman–Crippen MR) is 126 cm³/mol. The molecule has 0 aliphatic carbocycles. The lowest BCUT2D eigenvalue weighted by atomic mass is 10.1. The average molecular weight is 488 g/mol. The second-order valence-corrected chi connectivity index (χ2v) is 8.99. The number of fused-ring (bicyclic) bond motifs is 1. The zero-order valence-corrected chi connectivity index (χ0v) is 19.6. The van der Waals surface area contributed by atoms with Crippen molar-refractivity contribution in [2.24, 2.45) is 0 Å². The Morgan fingerprint density at radius 2 is 1.97 bits per heavy atom. The van der Waals surface area contributed by atoms with Gasteiger partial charge in [0.15, 0.2) is 0 Å². The fourth-order valence-corrected chi connectivity index (χ4v) is 5.10. The Labute approximate surface area is 199 Å². The molecule has 0 spiro atoms. The number of benzene rings is 2. The molecular weight excluding hydrogens is 466 g/mol. The van der Waals surface area contributed by atoms with E-state index in [4.69, 9.17) is 16.3 Å². The molecule has 4 rings (SSSR count). The van der Waals surface area contributed by atoms with Crippen LogP contribution in [0.5, 0.6) is 5.75 Å². The maximum atomic E-state index is 13.0. The maximum Gasteiger partial charge on any atom is 0.340 e. The third kappa shape index (κ3) is 4.51. The van der Waals surface area contributed by atoms with Crippen molar-refractivity contribution in [3.05, 3.63) is 64.3 Å². The van der Waals surface area contributed by atoms with E-state index in [1.807, 2.05) is 12.1 Å². The largest absolute Gasteiger partial charge is 0.508 e. The van der Waals surface area contributed by atoms with E-state index in [1.165, 1.54) is 28.9 Å². The van der Waals surface area contributed by atoms with Gasteiger partial charge in [-0.25, -0.2) is 9.80 Å². The zero-order valence-electron chi connectivity index (χ0n) is 18.0. The maximum absolute atomic E-state index is 13.0. The van der Waals surface area contributed by atoms with Crippen LogP contribution in [0.15, 0.2) is 42.5 Å². The number of hydrazine groups is 1. The topological polar surface area (TPSA) is 101 Å². The normalized spacial score (nSPS) is 15.8. The quantitative estimate of drug-likeness (QED) is 0.513. The van der Waals surface area contributed by atoms with Crippen molar-refractivity contribution in [3.8, 4) is 5.75 Å². The van der Waals surface area contributed by atoms with Crippen molar-refractivity contribution in [2.75, 3.05) is 12.4 Å². The first-order chi connectivity index (χ1) is 15.8. The van der Waals surface area contributed by atoms with E-state index in [2.05, 4.69) is 5.43 Å². The molecule has 1 fully saturated rings. The van der Waals surface area contributed by atoms with E-state index in [0.29, 0.717) is 27.2 Å². The monoisotopic (exact) mass is 487 g/mol. The van der Waals surface area contributed by atoms with Crippen molar-refractivity contribution >= 4 is 52.0 Å². The summed E-state index contributed by atoms with van der Waals surface area (Å²) in [7, 11) is 0. The number of phenolic OH excluding ortho intramolecular Hbond substituents is 1. The van der Waals surface area contributed by atoms with Crippen molar-refractivity contribution in [1.29, 1.82) is 0 Å². The Balaban J connectivity index is 1.61. The molecule has 10 heteroatoms. The summed E-state index contributed by atoms with van der Waals surface area (Å²) in [5.74, 6) is -0.919. The average Bonchev–Trinajstić information content (AvgIpc) is 3.26. The zero-order chi connectivity index (χ0) is 23.7. The van der Waals surface area contributed by atoms with Gasteiger partial charge in [0.05, 0.1) is 17.9 Å². The van der Waals surface area contributed by atoms with Gasteiger partial charge < -0.3 is 14.4 Å². The number of thioether (sulfide) groups is 1. The molecule has 172 valence electrons. The first kappa shape index (κ1) is 23.0. The number of carbonyl (C=O) groups is 3. The van der Waals surface area contributed by atoms with Crippen molar-refractivity contribution in [2.45, 2.75) is 25.8 Å². The van der Waals surface area contributed by atoms with Crippen molar-refractivity contribution in [1.82, 2.24) is 15.0 Å². The Kier molecular flexibility index (Phi) is 6.53. The van der Waals surface area contributed by atoms with Crippen molar-refractivity contribution in [3.63, 3.8) is 0 Å². The second-order valence-electron chi connectivity index (χ2n) is 7.48. The molecule has 0 saturated carbocycles. The molecule has 2 amide bonds. The van der Waals surface area contributed by atoms with Gasteiger partial charge in [0.1, 0.15) is 17.7 Å². The number of ether oxygens (including phenoxy) is 1. The van der Waals surface area contributed by atoms with Gasteiger partial charge in [-0.3, -0.25) is 15.0 Å². The third-order valence-electron chi connectivity index (χ3n) is 5.36. The van der Waals surface area contributed by atoms with Crippen LogP contribution < -0.4 is 5.43 Å². The molecule has 0 bridgehead atoms. The summed E-state index contributed by atoms with van der Waals surface area (Å²) < 4.78 is 6.84. The minimum Gasteiger partial charge on any atom is -0.508 e. The lowest BCUT2D eigenvalue weighted by Gasteiger charge is -2.25. The van der Waals surface area contributed by atoms with E-state index in [1.54, 1.807) is 36.6 Å². The highest BCUT2D eigenvalue weighted by molar-refractivity contribution is 8.00. The molecule has 1 atom stereocenters. The molecule has 2 aromatic carbocycles. The van der Waals surface area contributed by atoms with Gasteiger partial charge in [0.2, 0.25) is 0 Å². The lowest BCUT2D eigenvalue weighted by Crippen LogP contribution is -2.45. The number of rotatable bonds is 6. The van der Waals surface area contributed by atoms with Gasteiger partial charge >= 0.3 is 5.97 Å². The van der Waals surface area contributed by atoms with Crippen LogP contribution in [0.1, 0.15) is 33.9 Å². The van der Waals surface area contributed by atoms with E-state index in [-0.39, 0.29) is 35.9 Å². The van der Waals surface area contributed by atoms with Gasteiger partial charge in [-0.2, -0.15) is 0 Å². The molecule has 1 unspecified atom stereocenters. The summed E-state index contributed by atoms with van der Waals surface area (Å²) in [6.07, 6.45) is 0. The molecule has 33 heavy (non-hydrogen) atoms. The number of carbonyl (C=O) groups excluding carboxylic acids is 3. The van der Waals surface area contributed by atoms with Crippen LogP contribution in [-0.4, -0.2) is 44.8 Å². The number of amides is 2. The van der Waals surface area contributed by atoms with Crippen LogP contribution in [0.25, 0.3) is 10.9 Å². The SMILES string of the molecule is CCOC(=O)c1c(C)n(CC(=O)NN2C(=O)CSC2c2ccc(Cl)cc2)c2ccc(O)cc12. The number of phenols is 1. The van der Waals surface area contributed by atoms with E-state index < -0.39 is 11.9 Å². The van der Waals surface area contributed by atoms with Crippen LogP contribution in [0.3, 0.4) is 0 Å². The van der Waals surface area contributed by atoms with Crippen LogP contribution in [0, 0.1) is 6.92 Å². The summed E-state index contributed by atoms with van der Waals surface area (Å²) in [6, 6.07) is 11.7. The van der Waals surface area contributed by atoms with Crippen LogP contribution in [0.4, 0.5) is 0 Å². The molecule has 2 heterocycles. The summed E-state index contributed by atoms with van der Waals surface area (Å²) >= 11 is 7.38.